The second kappa shape index (κ2) is 49.2. The number of hydrogen-bond acceptors (Lipinski definition) is 10. The third-order valence-corrected chi connectivity index (χ3v) is 13.6. The van der Waals surface area contributed by atoms with Gasteiger partial charge in [0.2, 0.25) is 5.91 Å². The maximum atomic E-state index is 13.4. The third kappa shape index (κ3) is 37.1. The first-order valence-electron chi connectivity index (χ1n) is 29.6. The normalized spacial score (nSPS) is 19.9. The fraction of sp³-hybridized carbons (Fsp3) is 0.803. The van der Waals surface area contributed by atoms with Crippen molar-refractivity contribution < 1.29 is 49.3 Å². The lowest BCUT2D eigenvalue weighted by molar-refractivity contribution is -0.305. The third-order valence-electron chi connectivity index (χ3n) is 13.6. The summed E-state index contributed by atoms with van der Waals surface area (Å²) in [6.45, 7) is 5.72. The second-order valence-electron chi connectivity index (χ2n) is 20.4. The van der Waals surface area contributed by atoms with Crippen molar-refractivity contribution >= 4 is 11.9 Å². The van der Waals surface area contributed by atoms with Gasteiger partial charge in [-0.15, -0.1) is 0 Å². The van der Waals surface area contributed by atoms with Crippen LogP contribution in [0.2, 0.25) is 0 Å². The molecule has 0 spiro atoms. The molecule has 0 aromatic heterocycles. The van der Waals surface area contributed by atoms with Gasteiger partial charge in [-0.05, 0) is 89.9 Å². The number of carbonyl (C=O) groups is 2. The van der Waals surface area contributed by atoms with Crippen molar-refractivity contribution in [1.29, 1.82) is 0 Å². The summed E-state index contributed by atoms with van der Waals surface area (Å²) in [5.41, 5.74) is 0. The van der Waals surface area contributed by atoms with E-state index in [0.717, 1.165) is 89.9 Å². The van der Waals surface area contributed by atoms with Crippen molar-refractivity contribution in [3.63, 3.8) is 0 Å². The number of hydrogen-bond donors (Lipinski definition) is 6. The Labute approximate surface area is 439 Å². The Hall–Kier alpha value is -2.64. The van der Waals surface area contributed by atoms with Gasteiger partial charge in [-0.2, -0.15) is 0 Å². The van der Waals surface area contributed by atoms with Crippen molar-refractivity contribution in [2.24, 2.45) is 0 Å². The summed E-state index contributed by atoms with van der Waals surface area (Å²) in [6, 6.07) is -1.04. The Balaban J connectivity index is 2.74. The van der Waals surface area contributed by atoms with Gasteiger partial charge in [0.1, 0.15) is 24.4 Å². The number of allylic oxidation sites excluding steroid dienone is 9. The molecule has 1 rings (SSSR count). The predicted octanol–water partition coefficient (Wildman–Crippen LogP) is 13.4. The summed E-state index contributed by atoms with van der Waals surface area (Å²) in [7, 11) is 0. The molecule has 0 saturated carbocycles. The average molecular weight is 1020 g/mol. The van der Waals surface area contributed by atoms with Crippen LogP contribution in [-0.2, 0) is 23.8 Å². The molecule has 0 aliphatic carbocycles. The first kappa shape index (κ1) is 67.4. The molecule has 418 valence electrons. The Morgan fingerprint density at radius 3 is 1.49 bits per heavy atom. The Morgan fingerprint density at radius 2 is 0.958 bits per heavy atom. The summed E-state index contributed by atoms with van der Waals surface area (Å²) in [5, 5.41) is 56.8. The Kier molecular flexibility index (Phi) is 46.1. The van der Waals surface area contributed by atoms with E-state index in [2.05, 4.69) is 74.7 Å². The van der Waals surface area contributed by atoms with Crippen molar-refractivity contribution in [2.45, 2.75) is 301 Å². The molecule has 0 radical (unpaired) electrons. The van der Waals surface area contributed by atoms with E-state index < -0.39 is 67.4 Å². The van der Waals surface area contributed by atoms with Crippen LogP contribution >= 0.6 is 0 Å². The van der Waals surface area contributed by atoms with Crippen LogP contribution < -0.4 is 5.32 Å². The summed E-state index contributed by atoms with van der Waals surface area (Å²) in [5.74, 6) is -1.22. The molecule has 1 amide bonds. The largest absolute Gasteiger partial charge is 0.454 e. The van der Waals surface area contributed by atoms with Crippen LogP contribution in [0.1, 0.15) is 252 Å². The lowest BCUT2D eigenvalue weighted by atomic mass is 9.99. The zero-order valence-corrected chi connectivity index (χ0v) is 46.0. The molecule has 1 fully saturated rings. The van der Waals surface area contributed by atoms with Crippen molar-refractivity contribution in [1.82, 2.24) is 5.32 Å². The quantitative estimate of drug-likeness (QED) is 0.0195. The van der Waals surface area contributed by atoms with Crippen molar-refractivity contribution in [3.05, 3.63) is 60.8 Å². The van der Waals surface area contributed by atoms with E-state index in [1.807, 2.05) is 6.08 Å². The number of amides is 1. The van der Waals surface area contributed by atoms with Crippen LogP contribution in [-0.4, -0.2) is 99.6 Å². The minimum atomic E-state index is -1.62. The molecule has 1 heterocycles. The number of aliphatic hydroxyl groups excluding tert-OH is 5. The zero-order valence-electron chi connectivity index (χ0n) is 46.0. The number of aliphatic hydroxyl groups is 5. The van der Waals surface area contributed by atoms with E-state index in [9.17, 15) is 35.1 Å². The molecule has 8 unspecified atom stereocenters. The Morgan fingerprint density at radius 1 is 0.542 bits per heavy atom. The number of esters is 1. The fourth-order valence-electron chi connectivity index (χ4n) is 8.89. The molecule has 0 bridgehead atoms. The number of carbonyl (C=O) groups excluding carboxylic acids is 2. The average Bonchev–Trinajstić information content (AvgIpc) is 3.38. The van der Waals surface area contributed by atoms with Gasteiger partial charge in [0.25, 0.3) is 0 Å². The molecule has 1 aliphatic rings. The molecule has 6 N–H and O–H groups in total. The van der Waals surface area contributed by atoms with Gasteiger partial charge in [0, 0.05) is 6.42 Å². The molecular weight excluding hydrogens is 907 g/mol. The highest BCUT2D eigenvalue weighted by Gasteiger charge is 2.47. The van der Waals surface area contributed by atoms with Crippen LogP contribution in [0.5, 0.6) is 0 Å². The van der Waals surface area contributed by atoms with Crippen LogP contribution in [0.25, 0.3) is 0 Å². The van der Waals surface area contributed by atoms with E-state index in [1.54, 1.807) is 6.08 Å². The van der Waals surface area contributed by atoms with Crippen LogP contribution in [0.15, 0.2) is 60.8 Å². The van der Waals surface area contributed by atoms with Gasteiger partial charge >= 0.3 is 5.97 Å². The Bertz CT molecular complexity index is 1400. The number of nitrogens with one attached hydrogen (secondary N) is 1. The van der Waals surface area contributed by atoms with Gasteiger partial charge in [-0.25, -0.2) is 0 Å². The molecule has 72 heavy (non-hydrogen) atoms. The zero-order chi connectivity index (χ0) is 52.5. The van der Waals surface area contributed by atoms with E-state index in [4.69, 9.17) is 14.2 Å². The van der Waals surface area contributed by atoms with E-state index in [-0.39, 0.29) is 19.4 Å². The van der Waals surface area contributed by atoms with Gasteiger partial charge in [0.05, 0.1) is 25.4 Å². The van der Waals surface area contributed by atoms with Crippen LogP contribution in [0.3, 0.4) is 0 Å². The standard InChI is InChI=1S/C61H109NO10/c1-4-7-10-13-16-19-22-25-27-29-30-33-36-39-42-45-48-54(65)60(69)62-52(53(64)47-44-41-38-35-32-24-21-18-15-12-9-6-3)51-70-61-59(58(68)57(67)55(50-63)71-61)72-56(66)49-46-43-40-37-34-31-28-26-23-20-17-14-11-8-5-2/h16,19-20,23,25,27,30,33,44,47,52-55,57-59,61,63-65,67-68H,4-15,17-18,21-22,24,26,28-29,31-32,34-43,45-46,48-51H2,1-3H3,(H,62,69)/b19-16-,23-20-,27-25-,33-30-,47-44+. The highest BCUT2D eigenvalue weighted by Crippen LogP contribution is 2.26. The van der Waals surface area contributed by atoms with E-state index >= 15 is 0 Å². The maximum Gasteiger partial charge on any atom is 0.306 e. The SMILES string of the molecule is CCCCC/C=C\C/C=C\C/C=C\CCCCCC(O)C(=O)NC(COC1OC(CO)C(O)C(O)C1OC(=O)CCCCCCCCC/C=C\CCCCCC)C(O)/C=C/CCCCCCCCCCCC. The molecule has 0 aromatic rings. The monoisotopic (exact) mass is 1020 g/mol. The van der Waals surface area contributed by atoms with Crippen molar-refractivity contribution in [2.75, 3.05) is 13.2 Å². The van der Waals surface area contributed by atoms with Gasteiger partial charge in [-0.1, -0.05) is 216 Å². The van der Waals surface area contributed by atoms with Crippen LogP contribution in [0.4, 0.5) is 0 Å². The molecule has 11 heteroatoms. The van der Waals surface area contributed by atoms with Crippen molar-refractivity contribution in [3.8, 4) is 0 Å². The number of rotatable bonds is 49. The highest BCUT2D eigenvalue weighted by molar-refractivity contribution is 5.80. The summed E-state index contributed by atoms with van der Waals surface area (Å²) < 4.78 is 17.6. The first-order chi connectivity index (χ1) is 35.2. The van der Waals surface area contributed by atoms with Gasteiger partial charge in [0.15, 0.2) is 12.4 Å². The molecular formula is C61H109NO10. The fourth-order valence-corrected chi connectivity index (χ4v) is 8.89. The smallest absolute Gasteiger partial charge is 0.306 e. The summed E-state index contributed by atoms with van der Waals surface area (Å²) in [4.78, 5) is 26.5. The molecule has 11 nitrogen and oxygen atoms in total. The van der Waals surface area contributed by atoms with E-state index in [0.29, 0.717) is 12.8 Å². The molecule has 1 saturated heterocycles. The minimum absolute atomic E-state index is 0.115. The minimum Gasteiger partial charge on any atom is -0.454 e. The lowest BCUT2D eigenvalue weighted by Crippen LogP contribution is -2.61. The topological polar surface area (TPSA) is 175 Å². The molecule has 0 aromatic carbocycles. The van der Waals surface area contributed by atoms with Crippen LogP contribution in [0, 0.1) is 0 Å². The lowest BCUT2D eigenvalue weighted by Gasteiger charge is -2.41. The summed E-state index contributed by atoms with van der Waals surface area (Å²) >= 11 is 0. The number of ether oxygens (including phenoxy) is 3. The molecule has 8 atom stereocenters. The van der Waals surface area contributed by atoms with Gasteiger partial charge in [-0.3, -0.25) is 9.59 Å². The summed E-state index contributed by atoms with van der Waals surface area (Å²) in [6.07, 6.45) is 49.7. The first-order valence-corrected chi connectivity index (χ1v) is 29.6. The second-order valence-corrected chi connectivity index (χ2v) is 20.4. The number of unbranched alkanes of at least 4 members (excludes halogenated alkanes) is 27. The van der Waals surface area contributed by atoms with Gasteiger partial charge < -0.3 is 45.1 Å². The van der Waals surface area contributed by atoms with E-state index in [1.165, 1.54) is 116 Å². The predicted molar refractivity (Wildman–Crippen MR) is 296 cm³/mol. The highest BCUT2D eigenvalue weighted by atomic mass is 16.7. The molecule has 1 aliphatic heterocycles. The maximum absolute atomic E-state index is 13.4.